The minimum absolute atomic E-state index is 0.0782. The lowest BCUT2D eigenvalue weighted by molar-refractivity contribution is -0.113. The van der Waals surface area contributed by atoms with Gasteiger partial charge in [-0.2, -0.15) is 0 Å². The molecule has 3 rings (SSSR count). The number of aromatic nitrogens is 2. The van der Waals surface area contributed by atoms with Gasteiger partial charge in [-0.1, -0.05) is 25.6 Å². The summed E-state index contributed by atoms with van der Waals surface area (Å²) in [7, 11) is 1.90. The van der Waals surface area contributed by atoms with Crippen molar-refractivity contribution in [3.8, 4) is 0 Å². The first-order valence-corrected chi connectivity index (χ1v) is 10.3. The summed E-state index contributed by atoms with van der Waals surface area (Å²) in [6.45, 7) is 5.17. The number of nitrogens with zero attached hydrogens (tertiary/aromatic N) is 3. The van der Waals surface area contributed by atoms with Gasteiger partial charge in [-0.3, -0.25) is 9.59 Å². The molecule has 6 nitrogen and oxygen atoms in total. The van der Waals surface area contributed by atoms with E-state index in [2.05, 4.69) is 24.1 Å². The summed E-state index contributed by atoms with van der Waals surface area (Å²) in [6, 6.07) is 7.48. The van der Waals surface area contributed by atoms with Gasteiger partial charge in [0.2, 0.25) is 5.91 Å². The number of hydrogen-bond acceptors (Lipinski definition) is 4. The van der Waals surface area contributed by atoms with E-state index in [1.54, 1.807) is 30.5 Å². The molecule has 1 saturated heterocycles. The van der Waals surface area contributed by atoms with Crippen molar-refractivity contribution in [3.05, 3.63) is 42.2 Å². The fourth-order valence-corrected chi connectivity index (χ4v) is 4.30. The van der Waals surface area contributed by atoms with Crippen molar-refractivity contribution in [1.82, 2.24) is 14.5 Å². The van der Waals surface area contributed by atoms with Gasteiger partial charge in [-0.15, -0.1) is 0 Å². The molecule has 2 aromatic rings. The molecule has 0 spiro atoms. The molecule has 0 aliphatic carbocycles. The molecular formula is C20H26N4O2S. The highest BCUT2D eigenvalue weighted by Gasteiger charge is 2.33. The third-order valence-electron chi connectivity index (χ3n) is 5.09. The van der Waals surface area contributed by atoms with E-state index in [1.165, 1.54) is 11.8 Å². The van der Waals surface area contributed by atoms with Crippen LogP contribution in [-0.4, -0.2) is 44.6 Å². The SMILES string of the molecule is CC[C@@H]1[C@H](C)CCN1C(=O)c1ccc(NC(=O)CSc2nccn2C)cc1. The van der Waals surface area contributed by atoms with Gasteiger partial charge in [0, 0.05) is 43.3 Å². The van der Waals surface area contributed by atoms with Gasteiger partial charge in [0.1, 0.15) is 0 Å². The van der Waals surface area contributed by atoms with Crippen molar-refractivity contribution in [1.29, 1.82) is 0 Å². The lowest BCUT2D eigenvalue weighted by Gasteiger charge is -2.26. The van der Waals surface area contributed by atoms with Crippen LogP contribution in [0.2, 0.25) is 0 Å². The Kier molecular flexibility index (Phi) is 6.21. The summed E-state index contributed by atoms with van der Waals surface area (Å²) in [6.07, 6.45) is 5.60. The highest BCUT2D eigenvalue weighted by molar-refractivity contribution is 7.99. The van der Waals surface area contributed by atoms with E-state index in [0.717, 1.165) is 24.5 Å². The minimum atomic E-state index is -0.0958. The molecule has 1 N–H and O–H groups in total. The molecule has 1 fully saturated rings. The monoisotopic (exact) mass is 386 g/mol. The van der Waals surface area contributed by atoms with E-state index in [4.69, 9.17) is 0 Å². The van der Waals surface area contributed by atoms with Crippen LogP contribution < -0.4 is 5.32 Å². The van der Waals surface area contributed by atoms with Crippen molar-refractivity contribution in [3.63, 3.8) is 0 Å². The molecule has 2 atom stereocenters. The molecular weight excluding hydrogens is 360 g/mol. The lowest BCUT2D eigenvalue weighted by atomic mass is 10.0. The molecule has 1 aliphatic heterocycles. The second-order valence-electron chi connectivity index (χ2n) is 6.98. The van der Waals surface area contributed by atoms with Crippen LogP contribution in [0, 0.1) is 5.92 Å². The largest absolute Gasteiger partial charge is 0.335 e. The van der Waals surface area contributed by atoms with Crippen LogP contribution in [0.25, 0.3) is 0 Å². The molecule has 1 aromatic carbocycles. The number of carbonyl (C=O) groups is 2. The average molecular weight is 387 g/mol. The van der Waals surface area contributed by atoms with Crippen LogP contribution in [-0.2, 0) is 11.8 Å². The van der Waals surface area contributed by atoms with Crippen molar-refractivity contribution >= 4 is 29.3 Å². The maximum atomic E-state index is 12.8. The van der Waals surface area contributed by atoms with Crippen LogP contribution >= 0.6 is 11.8 Å². The molecule has 144 valence electrons. The predicted molar refractivity (Wildman–Crippen MR) is 108 cm³/mol. The summed E-state index contributed by atoms with van der Waals surface area (Å²) in [5.74, 6) is 0.819. The number of thioether (sulfide) groups is 1. The van der Waals surface area contributed by atoms with E-state index < -0.39 is 0 Å². The maximum Gasteiger partial charge on any atom is 0.254 e. The highest BCUT2D eigenvalue weighted by atomic mass is 32.2. The second kappa shape index (κ2) is 8.61. The van der Waals surface area contributed by atoms with Crippen LogP contribution in [0.15, 0.2) is 41.8 Å². The normalized spacial score (nSPS) is 19.3. The Bertz CT molecular complexity index is 803. The Morgan fingerprint density at radius 2 is 2.04 bits per heavy atom. The van der Waals surface area contributed by atoms with Gasteiger partial charge in [-0.05, 0) is 43.0 Å². The van der Waals surface area contributed by atoms with Gasteiger partial charge in [0.05, 0.1) is 5.75 Å². The number of amides is 2. The topological polar surface area (TPSA) is 67.2 Å². The van der Waals surface area contributed by atoms with E-state index >= 15 is 0 Å². The molecule has 0 unspecified atom stereocenters. The number of hydrogen-bond donors (Lipinski definition) is 1. The van der Waals surface area contributed by atoms with Crippen molar-refractivity contribution in [2.75, 3.05) is 17.6 Å². The molecule has 2 amide bonds. The molecule has 1 aromatic heterocycles. The number of aryl methyl sites for hydroxylation is 1. The first kappa shape index (κ1) is 19.5. The molecule has 2 heterocycles. The quantitative estimate of drug-likeness (QED) is 0.773. The Morgan fingerprint density at radius 3 is 2.67 bits per heavy atom. The average Bonchev–Trinajstić information content (AvgIpc) is 3.25. The third-order valence-corrected chi connectivity index (χ3v) is 6.14. The number of imidazole rings is 1. The highest BCUT2D eigenvalue weighted by Crippen LogP contribution is 2.28. The number of likely N-dealkylation sites (tertiary alicyclic amines) is 1. The molecule has 1 aliphatic rings. The van der Waals surface area contributed by atoms with Gasteiger partial charge < -0.3 is 14.8 Å². The molecule has 0 saturated carbocycles. The standard InChI is InChI=1S/C20H26N4O2S/c1-4-17-14(2)9-11-24(17)19(26)15-5-7-16(8-6-15)22-18(25)13-27-20-21-10-12-23(20)3/h5-8,10,12,14,17H,4,9,11,13H2,1-3H3,(H,22,25)/t14-,17-/m1/s1. The van der Waals surface area contributed by atoms with Crippen molar-refractivity contribution in [2.45, 2.75) is 37.9 Å². The van der Waals surface area contributed by atoms with E-state index in [-0.39, 0.29) is 17.6 Å². The lowest BCUT2D eigenvalue weighted by Crippen LogP contribution is -2.37. The summed E-state index contributed by atoms with van der Waals surface area (Å²) >= 11 is 1.39. The third kappa shape index (κ3) is 4.53. The summed E-state index contributed by atoms with van der Waals surface area (Å²) in [5, 5.41) is 3.67. The van der Waals surface area contributed by atoms with Gasteiger partial charge >= 0.3 is 0 Å². The van der Waals surface area contributed by atoms with E-state index in [9.17, 15) is 9.59 Å². The summed E-state index contributed by atoms with van der Waals surface area (Å²) in [5.41, 5.74) is 1.36. The summed E-state index contributed by atoms with van der Waals surface area (Å²) in [4.78, 5) is 31.1. The van der Waals surface area contributed by atoms with Gasteiger partial charge in [0.25, 0.3) is 5.91 Å². The fraction of sp³-hybridized carbons (Fsp3) is 0.450. The van der Waals surface area contributed by atoms with Gasteiger partial charge in [-0.25, -0.2) is 4.98 Å². The Hall–Kier alpha value is -2.28. The number of nitrogens with one attached hydrogen (secondary N) is 1. The van der Waals surface area contributed by atoms with Crippen LogP contribution in [0.3, 0.4) is 0 Å². The Morgan fingerprint density at radius 1 is 1.30 bits per heavy atom. The van der Waals surface area contributed by atoms with Crippen molar-refractivity contribution in [2.24, 2.45) is 13.0 Å². The zero-order valence-corrected chi connectivity index (χ0v) is 16.8. The smallest absolute Gasteiger partial charge is 0.254 e. The van der Waals surface area contributed by atoms with Crippen LogP contribution in [0.1, 0.15) is 37.0 Å². The molecule has 0 radical (unpaired) electrons. The Balaban J connectivity index is 1.56. The first-order valence-electron chi connectivity index (χ1n) is 9.30. The number of anilines is 1. The zero-order valence-electron chi connectivity index (χ0n) is 16.0. The van der Waals surface area contributed by atoms with Crippen molar-refractivity contribution < 1.29 is 9.59 Å². The number of carbonyl (C=O) groups excluding carboxylic acids is 2. The minimum Gasteiger partial charge on any atom is -0.335 e. The second-order valence-corrected chi connectivity index (χ2v) is 7.92. The molecule has 27 heavy (non-hydrogen) atoms. The van der Waals surface area contributed by atoms with Crippen LogP contribution in [0.5, 0.6) is 0 Å². The van der Waals surface area contributed by atoms with E-state index in [1.807, 2.05) is 22.7 Å². The maximum absolute atomic E-state index is 12.8. The predicted octanol–water partition coefficient (Wildman–Crippen LogP) is 3.41. The first-order chi connectivity index (χ1) is 13.0. The number of rotatable bonds is 6. The zero-order chi connectivity index (χ0) is 19.4. The van der Waals surface area contributed by atoms with E-state index in [0.29, 0.717) is 23.2 Å². The molecule has 7 heteroatoms. The number of benzene rings is 1. The summed E-state index contributed by atoms with van der Waals surface area (Å²) < 4.78 is 1.88. The van der Waals surface area contributed by atoms with Gasteiger partial charge in [0.15, 0.2) is 5.16 Å². The molecule has 0 bridgehead atoms. The van der Waals surface area contributed by atoms with Crippen LogP contribution in [0.4, 0.5) is 5.69 Å². The fourth-order valence-electron chi connectivity index (χ4n) is 3.56. The Labute approximate surface area is 164 Å².